The molecule has 0 saturated heterocycles. The molecule has 0 spiro atoms. The maximum absolute atomic E-state index is 11.4. The van der Waals surface area contributed by atoms with Crippen molar-refractivity contribution in [3.63, 3.8) is 0 Å². The summed E-state index contributed by atoms with van der Waals surface area (Å²) in [4.78, 5) is 11.0. The van der Waals surface area contributed by atoms with Gasteiger partial charge in [0, 0.05) is 33.5 Å². The molecular formula is C18H12BrNO3. The zero-order chi connectivity index (χ0) is 16.0. The van der Waals surface area contributed by atoms with Crippen molar-refractivity contribution >= 4 is 38.7 Å². The second kappa shape index (κ2) is 5.35. The van der Waals surface area contributed by atoms with Crippen LogP contribution in [0.5, 0.6) is 0 Å². The van der Waals surface area contributed by atoms with Crippen LogP contribution in [0.3, 0.4) is 0 Å². The lowest BCUT2D eigenvalue weighted by Gasteiger charge is -2.05. The number of hydrogen-bond donors (Lipinski definition) is 0. The maximum Gasteiger partial charge on any atom is 0.277 e. The highest BCUT2D eigenvalue weighted by Gasteiger charge is 2.22. The predicted octanol–water partition coefficient (Wildman–Crippen LogP) is 5.73. The first-order valence-electron chi connectivity index (χ1n) is 7.30. The van der Waals surface area contributed by atoms with Gasteiger partial charge in [0.05, 0.1) is 10.5 Å². The van der Waals surface area contributed by atoms with Crippen LogP contribution in [-0.2, 0) is 6.42 Å². The van der Waals surface area contributed by atoms with Crippen molar-refractivity contribution in [2.45, 2.75) is 12.8 Å². The Morgan fingerprint density at radius 2 is 2.04 bits per heavy atom. The van der Waals surface area contributed by atoms with Crippen molar-refractivity contribution in [3.8, 4) is 11.1 Å². The zero-order valence-corrected chi connectivity index (χ0v) is 13.7. The molecule has 0 bridgehead atoms. The van der Waals surface area contributed by atoms with Crippen LogP contribution in [0.15, 0.2) is 51.4 Å². The third-order valence-electron chi connectivity index (χ3n) is 4.10. The van der Waals surface area contributed by atoms with E-state index in [0.717, 1.165) is 39.6 Å². The van der Waals surface area contributed by atoms with E-state index in [2.05, 4.69) is 28.1 Å². The topological polar surface area (TPSA) is 56.3 Å². The number of rotatable bonds is 2. The van der Waals surface area contributed by atoms with Gasteiger partial charge in [-0.1, -0.05) is 46.3 Å². The number of nitro groups is 1. The molecule has 0 atom stereocenters. The third kappa shape index (κ3) is 2.28. The summed E-state index contributed by atoms with van der Waals surface area (Å²) < 4.78 is 6.86. The standard InChI is InChI=1S/C18H12BrNO3/c19-11-8-9-16(20(21)22)15(10-11)14-6-3-5-13-12-4-1-2-7-17(12)23-18(13)14/h1,3-6,8-10H,2,7H2. The summed E-state index contributed by atoms with van der Waals surface area (Å²) in [5, 5.41) is 12.4. The molecule has 2 aromatic carbocycles. The van der Waals surface area contributed by atoms with Crippen molar-refractivity contribution < 1.29 is 9.34 Å². The molecule has 114 valence electrons. The Bertz CT molecular complexity index is 972. The lowest BCUT2D eigenvalue weighted by Crippen LogP contribution is -1.92. The largest absolute Gasteiger partial charge is 0.460 e. The Morgan fingerprint density at radius 1 is 1.17 bits per heavy atom. The number of para-hydroxylation sites is 1. The summed E-state index contributed by atoms with van der Waals surface area (Å²) in [5.41, 5.74) is 3.19. The van der Waals surface area contributed by atoms with Crippen LogP contribution in [0.25, 0.3) is 28.2 Å². The number of benzene rings is 2. The van der Waals surface area contributed by atoms with Crippen LogP contribution in [0.4, 0.5) is 5.69 Å². The smallest absolute Gasteiger partial charge is 0.277 e. The molecular weight excluding hydrogens is 358 g/mol. The summed E-state index contributed by atoms with van der Waals surface area (Å²) in [7, 11) is 0. The van der Waals surface area contributed by atoms with Crippen molar-refractivity contribution in [1.29, 1.82) is 0 Å². The molecule has 4 nitrogen and oxygen atoms in total. The first-order chi connectivity index (χ1) is 11.1. The van der Waals surface area contributed by atoms with E-state index >= 15 is 0 Å². The minimum absolute atomic E-state index is 0.0746. The Kier molecular flexibility index (Phi) is 3.31. The molecule has 0 fully saturated rings. The summed E-state index contributed by atoms with van der Waals surface area (Å²) in [5.74, 6) is 0.951. The van der Waals surface area contributed by atoms with Gasteiger partial charge in [-0.05, 0) is 18.6 Å². The molecule has 0 radical (unpaired) electrons. The third-order valence-corrected chi connectivity index (χ3v) is 4.59. The molecule has 1 heterocycles. The fourth-order valence-corrected chi connectivity index (χ4v) is 3.43. The second-order valence-corrected chi connectivity index (χ2v) is 6.40. The van der Waals surface area contributed by atoms with Gasteiger partial charge < -0.3 is 4.42 Å². The van der Waals surface area contributed by atoms with Gasteiger partial charge in [0.2, 0.25) is 0 Å². The Morgan fingerprint density at radius 3 is 2.87 bits per heavy atom. The van der Waals surface area contributed by atoms with Gasteiger partial charge in [0.1, 0.15) is 11.3 Å². The minimum Gasteiger partial charge on any atom is -0.460 e. The number of halogens is 1. The van der Waals surface area contributed by atoms with Gasteiger partial charge in [0.15, 0.2) is 0 Å². The summed E-state index contributed by atoms with van der Waals surface area (Å²) in [6, 6.07) is 10.7. The van der Waals surface area contributed by atoms with Crippen molar-refractivity contribution in [3.05, 3.63) is 68.4 Å². The molecule has 4 rings (SSSR count). The molecule has 3 aromatic rings. The van der Waals surface area contributed by atoms with E-state index in [1.54, 1.807) is 12.1 Å². The van der Waals surface area contributed by atoms with Crippen LogP contribution in [0.2, 0.25) is 0 Å². The van der Waals surface area contributed by atoms with E-state index in [4.69, 9.17) is 4.42 Å². The number of nitro benzene ring substituents is 1. The first kappa shape index (κ1) is 14.2. The van der Waals surface area contributed by atoms with E-state index in [0.29, 0.717) is 11.1 Å². The molecule has 1 aliphatic rings. The van der Waals surface area contributed by atoms with Crippen LogP contribution in [-0.4, -0.2) is 4.92 Å². The summed E-state index contributed by atoms with van der Waals surface area (Å²) in [6.07, 6.45) is 6.02. The van der Waals surface area contributed by atoms with E-state index in [1.807, 2.05) is 18.2 Å². The highest BCUT2D eigenvalue weighted by Crippen LogP contribution is 2.40. The fraction of sp³-hybridized carbons (Fsp3) is 0.111. The molecule has 1 aliphatic carbocycles. The van der Waals surface area contributed by atoms with Gasteiger partial charge in [-0.15, -0.1) is 0 Å². The number of fused-ring (bicyclic) bond motifs is 3. The van der Waals surface area contributed by atoms with Crippen LogP contribution in [0.1, 0.15) is 17.7 Å². The molecule has 23 heavy (non-hydrogen) atoms. The highest BCUT2D eigenvalue weighted by molar-refractivity contribution is 9.10. The average molecular weight is 370 g/mol. The Labute approximate surface area is 140 Å². The summed E-state index contributed by atoms with van der Waals surface area (Å²) >= 11 is 3.40. The van der Waals surface area contributed by atoms with Crippen molar-refractivity contribution in [1.82, 2.24) is 0 Å². The Hall–Kier alpha value is -2.40. The monoisotopic (exact) mass is 369 g/mol. The van der Waals surface area contributed by atoms with Crippen LogP contribution in [0, 0.1) is 10.1 Å². The number of allylic oxidation sites excluding steroid dienone is 1. The number of furan rings is 1. The number of hydrogen-bond acceptors (Lipinski definition) is 3. The van der Waals surface area contributed by atoms with E-state index in [-0.39, 0.29) is 10.6 Å². The molecule has 5 heteroatoms. The molecule has 1 aromatic heterocycles. The van der Waals surface area contributed by atoms with Gasteiger partial charge in [0.25, 0.3) is 5.69 Å². The molecule has 0 aliphatic heterocycles. The predicted molar refractivity (Wildman–Crippen MR) is 93.4 cm³/mol. The zero-order valence-electron chi connectivity index (χ0n) is 12.1. The van der Waals surface area contributed by atoms with E-state index in [1.165, 1.54) is 6.07 Å². The molecule has 0 N–H and O–H groups in total. The number of aryl methyl sites for hydroxylation is 1. The minimum atomic E-state index is -0.358. The van der Waals surface area contributed by atoms with E-state index in [9.17, 15) is 10.1 Å². The normalized spacial score (nSPS) is 13.3. The molecule has 0 amide bonds. The first-order valence-corrected chi connectivity index (χ1v) is 8.09. The van der Waals surface area contributed by atoms with Crippen molar-refractivity contribution in [2.75, 3.05) is 0 Å². The average Bonchev–Trinajstić information content (AvgIpc) is 2.93. The quantitative estimate of drug-likeness (QED) is 0.428. The van der Waals surface area contributed by atoms with E-state index < -0.39 is 0 Å². The van der Waals surface area contributed by atoms with Gasteiger partial charge in [-0.3, -0.25) is 10.1 Å². The van der Waals surface area contributed by atoms with Gasteiger partial charge >= 0.3 is 0 Å². The number of nitrogens with zero attached hydrogens (tertiary/aromatic N) is 1. The van der Waals surface area contributed by atoms with Crippen molar-refractivity contribution in [2.24, 2.45) is 0 Å². The molecule has 0 unspecified atom stereocenters. The van der Waals surface area contributed by atoms with Gasteiger partial charge in [-0.2, -0.15) is 0 Å². The lowest BCUT2D eigenvalue weighted by molar-refractivity contribution is -0.384. The highest BCUT2D eigenvalue weighted by atomic mass is 79.9. The second-order valence-electron chi connectivity index (χ2n) is 5.48. The SMILES string of the molecule is O=[N+]([O-])c1ccc(Br)cc1-c1cccc2c3c(oc12)CCC=C3. The fourth-order valence-electron chi connectivity index (χ4n) is 3.07. The van der Waals surface area contributed by atoms with Crippen LogP contribution >= 0.6 is 15.9 Å². The molecule has 0 saturated carbocycles. The summed E-state index contributed by atoms with van der Waals surface area (Å²) in [6.45, 7) is 0. The van der Waals surface area contributed by atoms with Crippen LogP contribution < -0.4 is 0 Å². The maximum atomic E-state index is 11.4. The van der Waals surface area contributed by atoms with Gasteiger partial charge in [-0.25, -0.2) is 0 Å². The Balaban J connectivity index is 2.04. The lowest BCUT2D eigenvalue weighted by atomic mass is 9.98.